The van der Waals surface area contributed by atoms with Crippen LogP contribution in [0.5, 0.6) is 0 Å². The number of aromatic amines is 1. The minimum Gasteiger partial charge on any atom is -0.396 e. The first-order valence-electron chi connectivity index (χ1n) is 5.96. The predicted octanol–water partition coefficient (Wildman–Crippen LogP) is -1.07. The Bertz CT molecular complexity index is 726. The standard InChI is InChI=1S/C11H12FN5O3/c1-4-5(2-18)9(19)6(12)8(4)17-10-7(15-16-17)11(20)14-3-13-10/h3,5-6,8-9,18-19H,1-2H2,(H,13,14,20)/t5-,6?,8+,9+/m0/s1. The van der Waals surface area contributed by atoms with Gasteiger partial charge in [0.05, 0.1) is 19.0 Å². The summed E-state index contributed by atoms with van der Waals surface area (Å²) in [5, 5.41) is 26.4. The van der Waals surface area contributed by atoms with Crippen molar-refractivity contribution in [2.24, 2.45) is 5.92 Å². The highest BCUT2D eigenvalue weighted by atomic mass is 19.1. The molecule has 1 aliphatic carbocycles. The van der Waals surface area contributed by atoms with Gasteiger partial charge in [-0.25, -0.2) is 14.1 Å². The molecule has 1 aliphatic rings. The molecule has 0 saturated heterocycles. The van der Waals surface area contributed by atoms with Crippen molar-refractivity contribution < 1.29 is 14.6 Å². The van der Waals surface area contributed by atoms with E-state index in [1.54, 1.807) is 0 Å². The fourth-order valence-corrected chi connectivity index (χ4v) is 2.53. The second-order valence-electron chi connectivity index (χ2n) is 4.68. The molecule has 2 heterocycles. The minimum absolute atomic E-state index is 0.0190. The van der Waals surface area contributed by atoms with Crippen molar-refractivity contribution in [2.45, 2.75) is 18.3 Å². The molecule has 0 aliphatic heterocycles. The van der Waals surface area contributed by atoms with Gasteiger partial charge in [-0.2, -0.15) is 0 Å². The molecule has 0 aromatic carbocycles. The summed E-state index contributed by atoms with van der Waals surface area (Å²) in [5.41, 5.74) is -0.108. The maximum absolute atomic E-state index is 14.2. The molecule has 1 saturated carbocycles. The number of aliphatic hydroxyl groups is 2. The maximum Gasteiger partial charge on any atom is 0.280 e. The molecule has 2 aromatic rings. The molecule has 9 heteroatoms. The number of H-pyrrole nitrogens is 1. The second kappa shape index (κ2) is 4.46. The van der Waals surface area contributed by atoms with Gasteiger partial charge in [0.2, 0.25) is 0 Å². The van der Waals surface area contributed by atoms with Crippen molar-refractivity contribution in [1.29, 1.82) is 0 Å². The zero-order chi connectivity index (χ0) is 14.4. The highest BCUT2D eigenvalue weighted by Gasteiger charge is 2.47. The van der Waals surface area contributed by atoms with E-state index in [0.717, 1.165) is 11.0 Å². The van der Waals surface area contributed by atoms with Crippen molar-refractivity contribution in [3.8, 4) is 0 Å². The van der Waals surface area contributed by atoms with Gasteiger partial charge in [-0.1, -0.05) is 11.8 Å². The molecule has 4 atom stereocenters. The first kappa shape index (κ1) is 12.9. The summed E-state index contributed by atoms with van der Waals surface area (Å²) in [6.45, 7) is 3.29. The molecule has 20 heavy (non-hydrogen) atoms. The van der Waals surface area contributed by atoms with Crippen molar-refractivity contribution in [3.63, 3.8) is 0 Å². The van der Waals surface area contributed by atoms with Crippen molar-refractivity contribution >= 4 is 11.2 Å². The summed E-state index contributed by atoms with van der Waals surface area (Å²) >= 11 is 0. The number of fused-ring (bicyclic) bond motifs is 1. The molecule has 0 bridgehead atoms. The summed E-state index contributed by atoms with van der Waals surface area (Å²) in [6.07, 6.45) is -1.92. The van der Waals surface area contributed by atoms with E-state index in [1.807, 2.05) is 0 Å². The minimum atomic E-state index is -1.70. The summed E-state index contributed by atoms with van der Waals surface area (Å²) in [4.78, 5) is 17.8. The maximum atomic E-state index is 14.2. The van der Waals surface area contributed by atoms with Gasteiger partial charge >= 0.3 is 0 Å². The fourth-order valence-electron chi connectivity index (χ4n) is 2.53. The number of alkyl halides is 1. The lowest BCUT2D eigenvalue weighted by molar-refractivity contribution is 0.0414. The third-order valence-corrected chi connectivity index (χ3v) is 3.62. The van der Waals surface area contributed by atoms with E-state index in [-0.39, 0.29) is 11.2 Å². The fraction of sp³-hybridized carbons (Fsp3) is 0.455. The lowest BCUT2D eigenvalue weighted by atomic mass is 10.0. The highest BCUT2D eigenvalue weighted by molar-refractivity contribution is 5.68. The van der Waals surface area contributed by atoms with Gasteiger partial charge in [-0.15, -0.1) is 5.10 Å². The van der Waals surface area contributed by atoms with Crippen LogP contribution in [-0.4, -0.2) is 54.1 Å². The van der Waals surface area contributed by atoms with Crippen LogP contribution < -0.4 is 5.56 Å². The van der Waals surface area contributed by atoms with Crippen LogP contribution in [0.25, 0.3) is 11.2 Å². The molecule has 2 aromatic heterocycles. The zero-order valence-corrected chi connectivity index (χ0v) is 10.3. The molecule has 1 unspecified atom stereocenters. The predicted molar refractivity (Wildman–Crippen MR) is 65.6 cm³/mol. The molecule has 3 rings (SSSR count). The summed E-state index contributed by atoms with van der Waals surface area (Å²) < 4.78 is 15.4. The third kappa shape index (κ3) is 1.60. The number of nitrogens with zero attached hydrogens (tertiary/aromatic N) is 4. The van der Waals surface area contributed by atoms with Gasteiger partial charge in [-0.05, 0) is 5.57 Å². The molecular formula is C11H12FN5O3. The second-order valence-corrected chi connectivity index (χ2v) is 4.68. The van der Waals surface area contributed by atoms with Crippen LogP contribution in [-0.2, 0) is 0 Å². The average molecular weight is 281 g/mol. The molecule has 3 N–H and O–H groups in total. The summed E-state index contributed by atoms with van der Waals surface area (Å²) in [6, 6.07) is -1.01. The third-order valence-electron chi connectivity index (χ3n) is 3.62. The van der Waals surface area contributed by atoms with E-state index in [4.69, 9.17) is 0 Å². The van der Waals surface area contributed by atoms with Gasteiger partial charge in [0.15, 0.2) is 17.3 Å². The monoisotopic (exact) mass is 281 g/mol. The van der Waals surface area contributed by atoms with Gasteiger partial charge < -0.3 is 15.2 Å². The van der Waals surface area contributed by atoms with E-state index < -0.39 is 36.4 Å². The highest BCUT2D eigenvalue weighted by Crippen LogP contribution is 2.41. The Morgan fingerprint density at radius 2 is 2.30 bits per heavy atom. The average Bonchev–Trinajstić information content (AvgIpc) is 2.92. The first-order chi connectivity index (χ1) is 9.56. The normalized spacial score (nSPS) is 30.2. The number of rotatable bonds is 2. The van der Waals surface area contributed by atoms with Gasteiger partial charge in [0, 0.05) is 5.92 Å². The van der Waals surface area contributed by atoms with Gasteiger partial charge in [-0.3, -0.25) is 4.79 Å². The molecule has 0 radical (unpaired) electrons. The van der Waals surface area contributed by atoms with E-state index >= 15 is 0 Å². The van der Waals surface area contributed by atoms with Crippen LogP contribution in [0.3, 0.4) is 0 Å². The topological polar surface area (TPSA) is 117 Å². The zero-order valence-electron chi connectivity index (χ0n) is 10.3. The molecule has 0 spiro atoms. The van der Waals surface area contributed by atoms with E-state index in [0.29, 0.717) is 5.57 Å². The molecular weight excluding hydrogens is 269 g/mol. The lowest BCUT2D eigenvalue weighted by Crippen LogP contribution is -2.27. The molecule has 106 valence electrons. The van der Waals surface area contributed by atoms with E-state index in [2.05, 4.69) is 26.9 Å². The Labute approximate surface area is 111 Å². The molecule has 0 amide bonds. The Morgan fingerprint density at radius 1 is 1.55 bits per heavy atom. The van der Waals surface area contributed by atoms with Crippen molar-refractivity contribution in [1.82, 2.24) is 25.0 Å². The Morgan fingerprint density at radius 3 is 2.95 bits per heavy atom. The SMILES string of the molecule is C=C1[C@@H](n2nnc3c(=O)[nH]cnc32)C(F)[C@H](O)[C@H]1CO. The number of aliphatic hydroxyl groups excluding tert-OH is 2. The number of hydrogen-bond donors (Lipinski definition) is 3. The van der Waals surface area contributed by atoms with Crippen LogP contribution in [0, 0.1) is 5.92 Å². The van der Waals surface area contributed by atoms with Crippen molar-refractivity contribution in [2.75, 3.05) is 6.61 Å². The van der Waals surface area contributed by atoms with Crippen LogP contribution in [0.1, 0.15) is 6.04 Å². The Kier molecular flexibility index (Phi) is 2.87. The smallest absolute Gasteiger partial charge is 0.280 e. The van der Waals surface area contributed by atoms with Crippen LogP contribution in [0.2, 0.25) is 0 Å². The van der Waals surface area contributed by atoms with E-state index in [9.17, 15) is 19.4 Å². The Balaban J connectivity index is 2.14. The summed E-state index contributed by atoms with van der Waals surface area (Å²) in [7, 11) is 0. The van der Waals surface area contributed by atoms with Gasteiger partial charge in [0.25, 0.3) is 5.56 Å². The number of nitrogens with one attached hydrogen (secondary N) is 1. The number of aromatic nitrogens is 5. The van der Waals surface area contributed by atoms with Crippen LogP contribution in [0.4, 0.5) is 4.39 Å². The molecule has 1 fully saturated rings. The quantitative estimate of drug-likeness (QED) is 0.604. The van der Waals surface area contributed by atoms with E-state index in [1.165, 1.54) is 0 Å². The Hall–Kier alpha value is -2.13. The number of halogens is 1. The van der Waals surface area contributed by atoms with Crippen molar-refractivity contribution in [3.05, 3.63) is 28.8 Å². The largest absolute Gasteiger partial charge is 0.396 e. The first-order valence-corrected chi connectivity index (χ1v) is 5.96. The summed E-state index contributed by atoms with van der Waals surface area (Å²) in [5.74, 6) is -0.781. The number of hydrogen-bond acceptors (Lipinski definition) is 6. The van der Waals surface area contributed by atoms with Gasteiger partial charge in [0.1, 0.15) is 6.04 Å². The van der Waals surface area contributed by atoms with Crippen LogP contribution >= 0.6 is 0 Å². The lowest BCUT2D eigenvalue weighted by Gasteiger charge is -2.14. The molecule has 8 nitrogen and oxygen atoms in total. The van der Waals surface area contributed by atoms with Crippen LogP contribution in [0.15, 0.2) is 23.3 Å².